The summed E-state index contributed by atoms with van der Waals surface area (Å²) in [7, 11) is -3.81. The van der Waals surface area contributed by atoms with E-state index in [4.69, 9.17) is 27.9 Å². The van der Waals surface area contributed by atoms with Crippen molar-refractivity contribution < 1.29 is 26.7 Å². The molecular formula is C25H28Cl2F2N2O4S. The van der Waals surface area contributed by atoms with Gasteiger partial charge in [-0.1, -0.05) is 23.2 Å². The molecular weight excluding hydrogens is 533 g/mol. The van der Waals surface area contributed by atoms with Crippen molar-refractivity contribution in [2.45, 2.75) is 44.6 Å². The minimum absolute atomic E-state index is 0.00570. The van der Waals surface area contributed by atoms with Crippen molar-refractivity contribution in [3.05, 3.63) is 62.6 Å². The minimum atomic E-state index is -3.81. The smallest absolute Gasteiger partial charge is 0.267 e. The zero-order chi connectivity index (χ0) is 26.2. The van der Waals surface area contributed by atoms with Crippen LogP contribution in [0.2, 0.25) is 10.0 Å². The van der Waals surface area contributed by atoms with Crippen molar-refractivity contribution >= 4 is 39.1 Å². The number of hydrogen-bond acceptors (Lipinski definition) is 5. The highest BCUT2D eigenvalue weighted by atomic mass is 35.5. The van der Waals surface area contributed by atoms with Crippen LogP contribution in [0, 0.1) is 17.6 Å². The Bertz CT molecular complexity index is 1260. The molecule has 0 bridgehead atoms. The van der Waals surface area contributed by atoms with Gasteiger partial charge in [0.25, 0.3) is 5.91 Å². The summed E-state index contributed by atoms with van der Waals surface area (Å²) in [5.74, 6) is -1.51. The van der Waals surface area contributed by atoms with Gasteiger partial charge < -0.3 is 4.74 Å². The van der Waals surface area contributed by atoms with Crippen LogP contribution < -0.4 is 9.46 Å². The first-order valence-electron chi connectivity index (χ1n) is 11.8. The quantitative estimate of drug-likeness (QED) is 0.420. The molecule has 1 saturated heterocycles. The molecule has 1 N–H and O–H groups in total. The number of piperidine rings is 1. The van der Waals surface area contributed by atoms with Crippen LogP contribution in [-0.4, -0.2) is 45.2 Å². The van der Waals surface area contributed by atoms with Crippen LogP contribution >= 0.6 is 23.2 Å². The lowest BCUT2D eigenvalue weighted by Gasteiger charge is -2.36. The first-order valence-corrected chi connectivity index (χ1v) is 14.4. The molecule has 11 heteroatoms. The number of carbonyl (C=O) groups is 1. The zero-order valence-electron chi connectivity index (χ0n) is 20.0. The number of nitrogens with one attached hydrogen (secondary N) is 1. The number of benzene rings is 2. The fourth-order valence-corrected chi connectivity index (χ4v) is 5.55. The fraction of sp³-hybridized carbons (Fsp3) is 0.480. The number of carbonyl (C=O) groups excluding carboxylic acids is 1. The largest absolute Gasteiger partial charge is 0.493 e. The number of amides is 1. The fourth-order valence-electron chi connectivity index (χ4n) is 4.60. The first-order chi connectivity index (χ1) is 16.9. The van der Waals surface area contributed by atoms with Crippen LogP contribution in [0.25, 0.3) is 0 Å². The number of hydrogen-bond donors (Lipinski definition) is 1. The van der Waals surface area contributed by atoms with Gasteiger partial charge >= 0.3 is 0 Å². The van der Waals surface area contributed by atoms with Crippen molar-refractivity contribution in [1.82, 2.24) is 9.62 Å². The van der Waals surface area contributed by atoms with E-state index in [2.05, 4.69) is 4.90 Å². The number of nitrogens with zero attached hydrogens (tertiary/aromatic N) is 1. The predicted octanol–water partition coefficient (Wildman–Crippen LogP) is 5.69. The van der Waals surface area contributed by atoms with Crippen LogP contribution in [0.1, 0.15) is 66.1 Å². The lowest BCUT2D eigenvalue weighted by molar-refractivity contribution is 0.0977. The molecule has 1 aliphatic heterocycles. The molecule has 2 aromatic carbocycles. The molecule has 2 fully saturated rings. The Labute approximate surface area is 220 Å². The molecule has 1 amide bonds. The maximum Gasteiger partial charge on any atom is 0.267 e. The van der Waals surface area contributed by atoms with Gasteiger partial charge in [0.15, 0.2) is 0 Å². The third kappa shape index (κ3) is 6.49. The lowest BCUT2D eigenvalue weighted by Crippen LogP contribution is -2.37. The van der Waals surface area contributed by atoms with Crippen LogP contribution in [0.3, 0.4) is 0 Å². The van der Waals surface area contributed by atoms with Gasteiger partial charge in [0.05, 0.1) is 23.4 Å². The van der Waals surface area contributed by atoms with Gasteiger partial charge in [0.1, 0.15) is 17.4 Å². The SMILES string of the molecule is C[C@@H](c1cc(Cl)cc(Cl)c1F)N1CCC(COc2cc(F)c(C(=O)NS(C)(=O)=O)cc2C2CC2)CC1. The monoisotopic (exact) mass is 560 g/mol. The molecule has 1 heterocycles. The van der Waals surface area contributed by atoms with E-state index in [9.17, 15) is 22.0 Å². The van der Waals surface area contributed by atoms with Gasteiger partial charge in [0.2, 0.25) is 10.0 Å². The van der Waals surface area contributed by atoms with Crippen molar-refractivity contribution in [2.24, 2.45) is 5.92 Å². The van der Waals surface area contributed by atoms with Gasteiger partial charge in [-0.05, 0) is 81.3 Å². The second kappa shape index (κ2) is 10.8. The molecule has 0 radical (unpaired) electrons. The minimum Gasteiger partial charge on any atom is -0.493 e. The second-order valence-corrected chi connectivity index (χ2v) is 12.2. The van der Waals surface area contributed by atoms with Gasteiger partial charge in [-0.25, -0.2) is 21.9 Å². The average Bonchev–Trinajstić information content (AvgIpc) is 3.64. The summed E-state index contributed by atoms with van der Waals surface area (Å²) < 4.78 is 59.8. The number of rotatable bonds is 8. The molecule has 2 aromatic rings. The number of ether oxygens (including phenoxy) is 1. The molecule has 1 aliphatic carbocycles. The summed E-state index contributed by atoms with van der Waals surface area (Å²) >= 11 is 12.0. The highest BCUT2D eigenvalue weighted by Crippen LogP contribution is 2.45. The van der Waals surface area contributed by atoms with E-state index in [1.54, 1.807) is 6.07 Å². The van der Waals surface area contributed by atoms with E-state index >= 15 is 0 Å². The molecule has 0 unspecified atom stereocenters. The Morgan fingerprint density at radius 1 is 1.14 bits per heavy atom. The van der Waals surface area contributed by atoms with Crippen molar-refractivity contribution in [3.63, 3.8) is 0 Å². The normalized spacial score (nSPS) is 18.2. The zero-order valence-corrected chi connectivity index (χ0v) is 22.3. The molecule has 36 heavy (non-hydrogen) atoms. The molecule has 0 spiro atoms. The Hall–Kier alpha value is -1.94. The number of likely N-dealkylation sites (tertiary alicyclic amines) is 1. The topological polar surface area (TPSA) is 75.7 Å². The van der Waals surface area contributed by atoms with Gasteiger partial charge in [0, 0.05) is 22.7 Å². The third-order valence-corrected chi connectivity index (χ3v) is 7.83. The summed E-state index contributed by atoms with van der Waals surface area (Å²) in [4.78, 5) is 14.4. The third-order valence-electron chi connectivity index (χ3n) is 6.78. The van der Waals surface area contributed by atoms with Crippen LogP contribution in [0.5, 0.6) is 5.75 Å². The van der Waals surface area contributed by atoms with Crippen molar-refractivity contribution in [1.29, 1.82) is 0 Å². The Morgan fingerprint density at radius 2 is 1.81 bits per heavy atom. The molecule has 1 atom stereocenters. The summed E-state index contributed by atoms with van der Waals surface area (Å²) in [5.41, 5.74) is 0.867. The van der Waals surface area contributed by atoms with E-state index in [-0.39, 0.29) is 28.5 Å². The highest BCUT2D eigenvalue weighted by Gasteiger charge is 2.31. The van der Waals surface area contributed by atoms with Gasteiger partial charge in [-0.15, -0.1) is 0 Å². The van der Waals surface area contributed by atoms with Gasteiger partial charge in [-0.2, -0.15) is 0 Å². The summed E-state index contributed by atoms with van der Waals surface area (Å²) in [6.45, 7) is 3.77. The first kappa shape index (κ1) is 27.1. The van der Waals surface area contributed by atoms with Crippen molar-refractivity contribution in [3.8, 4) is 5.75 Å². The summed E-state index contributed by atoms with van der Waals surface area (Å²) in [6, 6.07) is 5.38. The van der Waals surface area contributed by atoms with E-state index in [1.807, 2.05) is 11.6 Å². The van der Waals surface area contributed by atoms with E-state index in [0.29, 0.717) is 22.9 Å². The molecule has 0 aromatic heterocycles. The lowest BCUT2D eigenvalue weighted by atomic mass is 9.95. The Balaban J connectivity index is 1.39. The van der Waals surface area contributed by atoms with Crippen LogP contribution in [0.15, 0.2) is 24.3 Å². The molecule has 1 saturated carbocycles. The standard InChI is InChI=1S/C25H28Cl2F2N2O4S/c1-14(18-9-17(26)10-21(27)24(18)29)31-7-5-15(6-8-31)13-35-23-12-22(28)20(11-19(23)16-3-4-16)25(32)30-36(2,33)34/h9-12,14-16H,3-8,13H2,1-2H3,(H,30,32)/t14-/m0/s1. The molecule has 2 aliphatic rings. The molecule has 196 valence electrons. The van der Waals surface area contributed by atoms with Crippen LogP contribution in [-0.2, 0) is 10.0 Å². The van der Waals surface area contributed by atoms with Crippen molar-refractivity contribution in [2.75, 3.05) is 26.0 Å². The average molecular weight is 561 g/mol. The summed E-state index contributed by atoms with van der Waals surface area (Å²) in [6.07, 6.45) is 4.27. The Morgan fingerprint density at radius 3 is 2.42 bits per heavy atom. The second-order valence-electron chi connectivity index (χ2n) is 9.60. The maximum atomic E-state index is 14.7. The Kier molecular flexibility index (Phi) is 8.14. The molecule has 4 rings (SSSR count). The molecule has 6 nitrogen and oxygen atoms in total. The van der Waals surface area contributed by atoms with E-state index in [1.165, 1.54) is 18.2 Å². The number of sulfonamides is 1. The maximum absolute atomic E-state index is 14.7. The van der Waals surface area contributed by atoms with Gasteiger partial charge in [-0.3, -0.25) is 9.69 Å². The van der Waals surface area contributed by atoms with E-state index < -0.39 is 27.6 Å². The number of halogens is 4. The summed E-state index contributed by atoms with van der Waals surface area (Å²) in [5, 5.41) is 0.399. The van der Waals surface area contributed by atoms with Crippen LogP contribution in [0.4, 0.5) is 8.78 Å². The van der Waals surface area contributed by atoms with E-state index in [0.717, 1.165) is 50.6 Å². The highest BCUT2D eigenvalue weighted by molar-refractivity contribution is 7.89. The predicted molar refractivity (Wildman–Crippen MR) is 135 cm³/mol.